The third-order valence-corrected chi connectivity index (χ3v) is 5.50. The van der Waals surface area contributed by atoms with Gasteiger partial charge in [-0.2, -0.15) is 5.10 Å². The zero-order valence-electron chi connectivity index (χ0n) is 16.6. The molecule has 1 heterocycles. The quantitative estimate of drug-likeness (QED) is 0.707. The van der Waals surface area contributed by atoms with E-state index in [1.807, 2.05) is 67.6 Å². The van der Waals surface area contributed by atoms with Crippen LogP contribution in [0.5, 0.6) is 0 Å². The van der Waals surface area contributed by atoms with Gasteiger partial charge in [0, 0.05) is 16.8 Å². The van der Waals surface area contributed by atoms with Crippen molar-refractivity contribution in [2.45, 2.75) is 45.1 Å². The number of carbonyl (C=O) groups is 1. The van der Waals surface area contributed by atoms with Gasteiger partial charge in [0.15, 0.2) is 0 Å². The lowest BCUT2D eigenvalue weighted by Gasteiger charge is -2.23. The number of amides is 1. The predicted octanol–water partition coefficient (Wildman–Crippen LogP) is 4.38. The monoisotopic (exact) mass is 387 g/mol. The second-order valence-corrected chi connectivity index (χ2v) is 7.41. The Morgan fingerprint density at radius 3 is 2.28 bits per heavy atom. The van der Waals surface area contributed by atoms with E-state index in [9.17, 15) is 9.59 Å². The minimum atomic E-state index is -0.655. The highest BCUT2D eigenvalue weighted by Gasteiger charge is 2.27. The molecule has 0 unspecified atom stereocenters. The Morgan fingerprint density at radius 2 is 1.62 bits per heavy atom. The van der Waals surface area contributed by atoms with Crippen LogP contribution < -0.4 is 10.9 Å². The maximum Gasteiger partial charge on any atom is 0.271 e. The number of hydrogen-bond donors (Lipinski definition) is 1. The largest absolute Gasteiger partial charge is 0.324 e. The molecule has 1 aliphatic rings. The number of hydrogen-bond acceptors (Lipinski definition) is 3. The summed E-state index contributed by atoms with van der Waals surface area (Å²) in [5.41, 5.74) is 4.25. The first-order valence-electron chi connectivity index (χ1n) is 10.2. The van der Waals surface area contributed by atoms with Gasteiger partial charge in [0.05, 0.1) is 5.69 Å². The number of rotatable bonds is 5. The Kier molecular flexibility index (Phi) is 5.56. The second kappa shape index (κ2) is 8.43. The maximum atomic E-state index is 13.3. The van der Waals surface area contributed by atoms with Crippen LogP contribution in [0.1, 0.15) is 43.4 Å². The van der Waals surface area contributed by atoms with E-state index in [1.165, 1.54) is 4.68 Å². The highest BCUT2D eigenvalue weighted by molar-refractivity contribution is 5.93. The maximum absolute atomic E-state index is 13.3. The van der Waals surface area contributed by atoms with Crippen molar-refractivity contribution in [1.82, 2.24) is 9.78 Å². The smallest absolute Gasteiger partial charge is 0.271 e. The van der Waals surface area contributed by atoms with Crippen LogP contribution in [0.25, 0.3) is 11.3 Å². The predicted molar refractivity (Wildman–Crippen MR) is 115 cm³/mol. The first-order chi connectivity index (χ1) is 14.2. The van der Waals surface area contributed by atoms with Crippen LogP contribution in [0.2, 0.25) is 0 Å². The molecule has 29 heavy (non-hydrogen) atoms. The van der Waals surface area contributed by atoms with Crippen molar-refractivity contribution in [3.8, 4) is 11.3 Å². The van der Waals surface area contributed by atoms with Crippen molar-refractivity contribution in [3.05, 3.63) is 82.1 Å². The van der Waals surface area contributed by atoms with Crippen LogP contribution >= 0.6 is 0 Å². The molecule has 148 valence electrons. The lowest BCUT2D eigenvalue weighted by atomic mass is 9.89. The number of aromatic nitrogens is 2. The van der Waals surface area contributed by atoms with E-state index in [-0.39, 0.29) is 11.5 Å². The molecule has 1 N–H and O–H groups in total. The average Bonchev–Trinajstić information content (AvgIpc) is 2.77. The van der Waals surface area contributed by atoms with Crippen molar-refractivity contribution in [2.24, 2.45) is 0 Å². The zero-order chi connectivity index (χ0) is 20.2. The number of nitrogens with one attached hydrogen (secondary N) is 1. The van der Waals surface area contributed by atoms with E-state index in [2.05, 4.69) is 5.32 Å². The summed E-state index contributed by atoms with van der Waals surface area (Å²) >= 11 is 0. The van der Waals surface area contributed by atoms with E-state index in [4.69, 9.17) is 5.10 Å². The molecule has 0 spiro atoms. The van der Waals surface area contributed by atoms with E-state index in [1.54, 1.807) is 0 Å². The van der Waals surface area contributed by atoms with Crippen LogP contribution in [0.15, 0.2) is 65.5 Å². The molecule has 0 radical (unpaired) electrons. The summed E-state index contributed by atoms with van der Waals surface area (Å²) in [4.78, 5) is 26.3. The second-order valence-electron chi connectivity index (χ2n) is 7.41. The normalized spacial score (nSPS) is 14.1. The molecule has 0 saturated heterocycles. The van der Waals surface area contributed by atoms with Crippen LogP contribution in [0, 0.1) is 0 Å². The summed E-state index contributed by atoms with van der Waals surface area (Å²) in [6, 6.07) is 18.6. The Hall–Kier alpha value is -3.21. The average molecular weight is 387 g/mol. The summed E-state index contributed by atoms with van der Waals surface area (Å²) in [5.74, 6) is -0.219. The van der Waals surface area contributed by atoms with Crippen LogP contribution in [-0.2, 0) is 17.6 Å². The van der Waals surface area contributed by atoms with Crippen LogP contribution in [0.3, 0.4) is 0 Å². The number of benzene rings is 2. The Labute approximate surface area is 170 Å². The van der Waals surface area contributed by atoms with Crippen molar-refractivity contribution in [3.63, 3.8) is 0 Å². The van der Waals surface area contributed by atoms with Gasteiger partial charge >= 0.3 is 0 Å². The molecule has 4 rings (SSSR count). The van der Waals surface area contributed by atoms with Crippen molar-refractivity contribution >= 4 is 11.6 Å². The number of carbonyl (C=O) groups excluding carboxylic acids is 1. The summed E-state index contributed by atoms with van der Waals surface area (Å²) in [6.45, 7) is 1.91. The molecule has 0 saturated carbocycles. The van der Waals surface area contributed by atoms with Crippen LogP contribution in [0.4, 0.5) is 5.69 Å². The number of anilines is 1. The van der Waals surface area contributed by atoms with Gasteiger partial charge in [0.2, 0.25) is 5.91 Å². The van der Waals surface area contributed by atoms with Crippen LogP contribution in [-0.4, -0.2) is 15.7 Å². The van der Waals surface area contributed by atoms with Crippen molar-refractivity contribution < 1.29 is 4.79 Å². The molecule has 1 amide bonds. The molecule has 3 aromatic rings. The molecule has 5 heteroatoms. The van der Waals surface area contributed by atoms with Gasteiger partial charge in [-0.05, 0) is 49.8 Å². The third-order valence-electron chi connectivity index (χ3n) is 5.50. The van der Waals surface area contributed by atoms with Gasteiger partial charge in [0.1, 0.15) is 6.04 Å². The Balaban J connectivity index is 1.79. The first-order valence-corrected chi connectivity index (χ1v) is 10.2. The zero-order valence-corrected chi connectivity index (χ0v) is 16.6. The summed E-state index contributed by atoms with van der Waals surface area (Å²) < 4.78 is 1.41. The SMILES string of the molecule is CC[C@H](C(=O)Nc1ccccc1)n1nc(-c2ccccc2)c2c(c1=O)CCCC2. The summed E-state index contributed by atoms with van der Waals surface area (Å²) in [6.07, 6.45) is 4.14. The van der Waals surface area contributed by atoms with E-state index >= 15 is 0 Å². The molecule has 0 bridgehead atoms. The minimum Gasteiger partial charge on any atom is -0.324 e. The van der Waals surface area contributed by atoms with E-state index < -0.39 is 6.04 Å². The molecule has 2 aromatic carbocycles. The Morgan fingerprint density at radius 1 is 1.00 bits per heavy atom. The fourth-order valence-corrected chi connectivity index (χ4v) is 4.01. The highest BCUT2D eigenvalue weighted by atomic mass is 16.2. The van der Waals surface area contributed by atoms with E-state index in [0.717, 1.165) is 48.1 Å². The molecule has 0 aliphatic heterocycles. The lowest BCUT2D eigenvalue weighted by Crippen LogP contribution is -2.38. The fourth-order valence-electron chi connectivity index (χ4n) is 4.01. The Bertz CT molecular complexity index is 1060. The molecule has 0 fully saturated rings. The number of para-hydroxylation sites is 1. The van der Waals surface area contributed by atoms with Gasteiger partial charge in [-0.15, -0.1) is 0 Å². The van der Waals surface area contributed by atoms with Gasteiger partial charge in [-0.3, -0.25) is 9.59 Å². The number of nitrogens with zero attached hydrogens (tertiary/aromatic N) is 2. The van der Waals surface area contributed by atoms with Crippen molar-refractivity contribution in [2.75, 3.05) is 5.32 Å². The minimum absolute atomic E-state index is 0.130. The van der Waals surface area contributed by atoms with Gasteiger partial charge in [0.25, 0.3) is 5.56 Å². The van der Waals surface area contributed by atoms with Gasteiger partial charge in [-0.1, -0.05) is 55.5 Å². The fraction of sp³-hybridized carbons (Fsp3) is 0.292. The highest BCUT2D eigenvalue weighted by Crippen LogP contribution is 2.29. The molecular weight excluding hydrogens is 362 g/mol. The standard InChI is InChI=1S/C24H25N3O2/c1-2-21(23(28)25-18-13-7-4-8-14-18)27-24(29)20-16-10-9-15-19(20)22(26-27)17-11-5-3-6-12-17/h3-8,11-14,21H,2,9-10,15-16H2,1H3,(H,25,28)/t21-/m1/s1. The van der Waals surface area contributed by atoms with Crippen molar-refractivity contribution in [1.29, 1.82) is 0 Å². The topological polar surface area (TPSA) is 64.0 Å². The van der Waals surface area contributed by atoms with Gasteiger partial charge < -0.3 is 5.32 Å². The molecule has 1 aliphatic carbocycles. The summed E-state index contributed by atoms with van der Waals surface area (Å²) in [5, 5.41) is 7.65. The molecular formula is C24H25N3O2. The number of fused-ring (bicyclic) bond motifs is 1. The summed E-state index contributed by atoms with van der Waals surface area (Å²) in [7, 11) is 0. The van der Waals surface area contributed by atoms with Gasteiger partial charge in [-0.25, -0.2) is 4.68 Å². The molecule has 1 aromatic heterocycles. The first kappa shape index (κ1) is 19.1. The lowest BCUT2D eigenvalue weighted by molar-refractivity contribution is -0.119. The molecule has 1 atom stereocenters. The third kappa shape index (κ3) is 3.86. The molecule has 5 nitrogen and oxygen atoms in total. The van der Waals surface area contributed by atoms with E-state index in [0.29, 0.717) is 12.1 Å².